The summed E-state index contributed by atoms with van der Waals surface area (Å²) in [6, 6.07) is 18.6. The zero-order valence-electron chi connectivity index (χ0n) is 23.8. The van der Waals surface area contributed by atoms with Crippen LogP contribution in [0.5, 0.6) is 11.5 Å². The second-order valence-electron chi connectivity index (χ2n) is 13.3. The number of aromatic nitrogens is 1. The number of pyridine rings is 1. The Hall–Kier alpha value is -3.17. The van der Waals surface area contributed by atoms with Gasteiger partial charge in [0.25, 0.3) is 0 Å². The summed E-state index contributed by atoms with van der Waals surface area (Å²) < 4.78 is 9.13. The molecule has 0 saturated carbocycles. The van der Waals surface area contributed by atoms with Crippen LogP contribution in [0.25, 0.3) is 43.6 Å². The van der Waals surface area contributed by atoms with Gasteiger partial charge in [0.1, 0.15) is 18.5 Å². The van der Waals surface area contributed by atoms with E-state index in [-0.39, 0.29) is 5.41 Å². The Bertz CT molecular complexity index is 1770. The molecule has 188 valence electrons. The summed E-state index contributed by atoms with van der Waals surface area (Å²) in [5.41, 5.74) is 6.66. The van der Waals surface area contributed by atoms with Gasteiger partial charge in [-0.2, -0.15) is 0 Å². The second-order valence-corrected chi connectivity index (χ2v) is 18.4. The molecular weight excluding hydrogens is 466 g/mol. The molecule has 37 heavy (non-hydrogen) atoms. The number of nitrogens with zero attached hydrogens (tertiary/aromatic N) is 1. The van der Waals surface area contributed by atoms with Crippen molar-refractivity contribution in [2.24, 2.45) is 12.5 Å². The predicted octanol–water partition coefficient (Wildman–Crippen LogP) is 8.49. The summed E-state index contributed by atoms with van der Waals surface area (Å²) >= 11 is 0. The molecule has 0 fully saturated rings. The van der Waals surface area contributed by atoms with Gasteiger partial charge < -0.3 is 4.74 Å². The Morgan fingerprint density at radius 1 is 0.811 bits per heavy atom. The summed E-state index contributed by atoms with van der Waals surface area (Å²) in [5.74, 6) is 1.97. The van der Waals surface area contributed by atoms with E-state index < -0.39 is 8.07 Å². The van der Waals surface area contributed by atoms with Crippen LogP contribution in [0.1, 0.15) is 37.5 Å². The molecule has 0 spiro atoms. The lowest BCUT2D eigenvalue weighted by atomic mass is 9.84. The Balaban J connectivity index is 1.70. The van der Waals surface area contributed by atoms with E-state index in [1.807, 2.05) is 0 Å². The maximum absolute atomic E-state index is 6.84. The highest BCUT2D eigenvalue weighted by Gasteiger charge is 2.33. The van der Waals surface area contributed by atoms with Crippen LogP contribution in [0.15, 0.2) is 54.7 Å². The van der Waals surface area contributed by atoms with Crippen LogP contribution in [0, 0.1) is 19.3 Å². The van der Waals surface area contributed by atoms with Crippen molar-refractivity contribution in [2.45, 2.75) is 60.7 Å². The molecule has 2 nitrogen and oxygen atoms in total. The Labute approximate surface area is 221 Å². The van der Waals surface area contributed by atoms with Crippen LogP contribution < -0.4 is 14.5 Å². The third kappa shape index (κ3) is 3.78. The van der Waals surface area contributed by atoms with Gasteiger partial charge in [0, 0.05) is 17.0 Å². The minimum Gasteiger partial charge on any atom is -0.455 e. The zero-order chi connectivity index (χ0) is 26.4. The lowest BCUT2D eigenvalue weighted by Gasteiger charge is -2.25. The van der Waals surface area contributed by atoms with E-state index >= 15 is 0 Å². The summed E-state index contributed by atoms with van der Waals surface area (Å²) in [6.07, 6.45) is 3.29. The van der Waals surface area contributed by atoms with E-state index in [0.29, 0.717) is 0 Å². The molecule has 1 aliphatic heterocycles. The van der Waals surface area contributed by atoms with Crippen molar-refractivity contribution in [3.8, 4) is 22.8 Å². The first-order valence-electron chi connectivity index (χ1n) is 13.5. The van der Waals surface area contributed by atoms with Gasteiger partial charge in [0.05, 0.1) is 19.0 Å². The number of hydrogen-bond donors (Lipinski definition) is 0. The number of ether oxygens (including phenoxy) is 1. The minimum absolute atomic E-state index is 0.251. The fourth-order valence-corrected chi connectivity index (χ4v) is 7.35. The molecule has 0 atom stereocenters. The molecule has 0 radical (unpaired) electrons. The number of benzene rings is 4. The molecule has 6 rings (SSSR count). The van der Waals surface area contributed by atoms with Crippen molar-refractivity contribution >= 4 is 45.6 Å². The quantitative estimate of drug-likeness (QED) is 0.131. The average Bonchev–Trinajstić information content (AvgIpc) is 2.81. The molecule has 1 aromatic heterocycles. The molecule has 0 amide bonds. The SMILES string of the molecule is Cc1c2c(c(C)c3cc(CC(C)(C)C)ccc13)-c1c3c(cc4ccc([Si](C)(C)C)cc4c3cc[n+]1C)O2. The first-order chi connectivity index (χ1) is 17.3. The van der Waals surface area contributed by atoms with E-state index in [0.717, 1.165) is 17.9 Å². The summed E-state index contributed by atoms with van der Waals surface area (Å²) in [6.45, 7) is 18.7. The predicted molar refractivity (Wildman–Crippen MR) is 161 cm³/mol. The number of aryl methyl sites for hydroxylation is 3. The second kappa shape index (κ2) is 7.91. The summed E-state index contributed by atoms with van der Waals surface area (Å²) in [5, 5.41) is 9.20. The lowest BCUT2D eigenvalue weighted by molar-refractivity contribution is -0.659. The molecule has 0 bridgehead atoms. The van der Waals surface area contributed by atoms with Crippen molar-refractivity contribution in [2.75, 3.05) is 0 Å². The molecule has 0 saturated heterocycles. The molecule has 3 heteroatoms. The Kier molecular flexibility index (Phi) is 5.17. The van der Waals surface area contributed by atoms with Gasteiger partial charge in [-0.15, -0.1) is 0 Å². The highest BCUT2D eigenvalue weighted by atomic mass is 28.3. The Morgan fingerprint density at radius 2 is 1.57 bits per heavy atom. The van der Waals surface area contributed by atoms with Crippen molar-refractivity contribution in [3.05, 3.63) is 71.4 Å². The van der Waals surface area contributed by atoms with Gasteiger partial charge in [-0.05, 0) is 64.4 Å². The molecule has 2 heterocycles. The number of hydrogen-bond acceptors (Lipinski definition) is 1. The van der Waals surface area contributed by atoms with Crippen LogP contribution in [0.2, 0.25) is 19.6 Å². The first kappa shape index (κ1) is 24.2. The van der Waals surface area contributed by atoms with Crippen LogP contribution in [-0.2, 0) is 13.5 Å². The summed E-state index contributed by atoms with van der Waals surface area (Å²) in [4.78, 5) is 0. The van der Waals surface area contributed by atoms with E-state index in [1.165, 1.54) is 65.5 Å². The van der Waals surface area contributed by atoms with Crippen LogP contribution in [0.3, 0.4) is 0 Å². The maximum atomic E-state index is 6.84. The van der Waals surface area contributed by atoms with Gasteiger partial charge in [0.15, 0.2) is 6.20 Å². The fourth-order valence-electron chi connectivity index (χ4n) is 6.19. The third-order valence-electron chi connectivity index (χ3n) is 8.08. The molecule has 0 N–H and O–H groups in total. The van der Waals surface area contributed by atoms with E-state index in [9.17, 15) is 0 Å². The molecular formula is C34H38NOSi+. The maximum Gasteiger partial charge on any atom is 0.228 e. The van der Waals surface area contributed by atoms with Crippen LogP contribution in [-0.4, -0.2) is 8.07 Å². The lowest BCUT2D eigenvalue weighted by Crippen LogP contribution is -2.37. The largest absolute Gasteiger partial charge is 0.455 e. The van der Waals surface area contributed by atoms with E-state index in [2.05, 4.69) is 121 Å². The zero-order valence-corrected chi connectivity index (χ0v) is 24.8. The topological polar surface area (TPSA) is 13.1 Å². The van der Waals surface area contributed by atoms with Crippen molar-refractivity contribution < 1.29 is 9.30 Å². The van der Waals surface area contributed by atoms with Crippen LogP contribution in [0.4, 0.5) is 0 Å². The smallest absolute Gasteiger partial charge is 0.228 e. The first-order valence-corrected chi connectivity index (χ1v) is 17.0. The van der Waals surface area contributed by atoms with Gasteiger partial charge in [0.2, 0.25) is 5.69 Å². The van der Waals surface area contributed by atoms with E-state index in [1.54, 1.807) is 0 Å². The minimum atomic E-state index is -1.43. The summed E-state index contributed by atoms with van der Waals surface area (Å²) in [7, 11) is 0.738. The van der Waals surface area contributed by atoms with Gasteiger partial charge in [-0.1, -0.05) is 82.0 Å². The van der Waals surface area contributed by atoms with Crippen molar-refractivity contribution in [1.82, 2.24) is 0 Å². The normalized spacial score (nSPS) is 13.3. The third-order valence-corrected chi connectivity index (χ3v) is 10.1. The highest BCUT2D eigenvalue weighted by molar-refractivity contribution is 6.88. The Morgan fingerprint density at radius 3 is 2.27 bits per heavy atom. The van der Waals surface area contributed by atoms with Gasteiger partial charge >= 0.3 is 0 Å². The van der Waals surface area contributed by atoms with Gasteiger partial charge in [-0.3, -0.25) is 0 Å². The van der Waals surface area contributed by atoms with E-state index in [4.69, 9.17) is 4.74 Å². The van der Waals surface area contributed by atoms with Crippen LogP contribution >= 0.6 is 0 Å². The molecule has 1 aliphatic rings. The fraction of sp³-hybridized carbons (Fsp3) is 0.324. The molecule has 4 aromatic carbocycles. The number of rotatable bonds is 2. The number of fused-ring (bicyclic) bond motifs is 5. The van der Waals surface area contributed by atoms with Crippen molar-refractivity contribution in [3.63, 3.8) is 0 Å². The molecule has 0 unspecified atom stereocenters. The van der Waals surface area contributed by atoms with Crippen molar-refractivity contribution in [1.29, 1.82) is 0 Å². The van der Waals surface area contributed by atoms with Gasteiger partial charge in [-0.25, -0.2) is 4.57 Å². The average molecular weight is 505 g/mol. The molecule has 0 aliphatic carbocycles. The monoisotopic (exact) mass is 504 g/mol. The highest BCUT2D eigenvalue weighted by Crippen LogP contribution is 2.51. The molecule has 5 aromatic rings. The standard InChI is InChI=1S/C34H38NOSi/c1-20-27-16-22(19-34(3,4)5)10-13-25(27)21(2)33-30(20)32-31-26(14-15-35(32)6)28-18-24(37(7,8)9)12-11-23(28)17-29(31)36-33/h10-18H,19H2,1-9H3/q+1.